The van der Waals surface area contributed by atoms with Gasteiger partial charge in [0.05, 0.1) is 34.1 Å². The van der Waals surface area contributed by atoms with Gasteiger partial charge in [0.25, 0.3) is 0 Å². The van der Waals surface area contributed by atoms with Gasteiger partial charge in [0.1, 0.15) is 34.9 Å². The van der Waals surface area contributed by atoms with Gasteiger partial charge < -0.3 is 9.80 Å². The van der Waals surface area contributed by atoms with Gasteiger partial charge in [0, 0.05) is 21.9 Å². The number of rotatable bonds is 10. The topological polar surface area (TPSA) is 6.48 Å². The zero-order chi connectivity index (χ0) is 50.8. The van der Waals surface area contributed by atoms with Crippen molar-refractivity contribution >= 4 is 66.4 Å². The largest absolute Gasteiger partial charge is 0.304 e. The molecule has 74 heavy (non-hydrogen) atoms. The summed E-state index contributed by atoms with van der Waals surface area (Å²) >= 11 is 0. The monoisotopic (exact) mass is 976 g/mol. The van der Waals surface area contributed by atoms with Crippen molar-refractivity contribution in [3.63, 3.8) is 0 Å². The van der Waals surface area contributed by atoms with Gasteiger partial charge in [-0.1, -0.05) is 146 Å². The van der Waals surface area contributed by atoms with Gasteiger partial charge in [0.2, 0.25) is 0 Å². The molecule has 0 amide bonds. The Morgan fingerprint density at radius 1 is 0.257 bits per heavy atom. The van der Waals surface area contributed by atoms with Crippen LogP contribution in [0.4, 0.5) is 60.5 Å². The first kappa shape index (κ1) is 46.0. The van der Waals surface area contributed by atoms with E-state index in [1.54, 1.807) is 82.6 Å². The van der Waals surface area contributed by atoms with E-state index in [0.29, 0.717) is 77.4 Å². The summed E-state index contributed by atoms with van der Waals surface area (Å²) in [6.07, 6.45) is 0. The maximum absolute atomic E-state index is 16.8. The number of nitrogens with zero attached hydrogens (tertiary/aromatic N) is 2. The van der Waals surface area contributed by atoms with Crippen molar-refractivity contribution in [2.24, 2.45) is 0 Å². The van der Waals surface area contributed by atoms with Crippen LogP contribution in [0.25, 0.3) is 76.8 Å². The smallest absolute Gasteiger partial charge is 0.147 e. The average Bonchev–Trinajstić information content (AvgIpc) is 3.42. The number of hydrogen-bond donors (Lipinski definition) is 0. The minimum atomic E-state index is -0.640. The Kier molecular flexibility index (Phi) is 11.5. The third-order valence-corrected chi connectivity index (χ3v) is 13.9. The first-order chi connectivity index (χ1) is 36.0. The van der Waals surface area contributed by atoms with Gasteiger partial charge in [-0.05, 0) is 153 Å². The lowest BCUT2D eigenvalue weighted by Gasteiger charge is -2.31. The molecule has 0 heterocycles. The Balaban J connectivity index is 1.06. The molecule has 12 aromatic rings. The van der Waals surface area contributed by atoms with E-state index in [0.717, 1.165) is 21.9 Å². The summed E-state index contributed by atoms with van der Waals surface area (Å²) in [5, 5.41) is 4.15. The van der Waals surface area contributed by atoms with Crippen LogP contribution >= 0.6 is 0 Å². The first-order valence-electron chi connectivity index (χ1n) is 24.1. The lowest BCUT2D eigenvalue weighted by Crippen LogP contribution is -2.15. The summed E-state index contributed by atoms with van der Waals surface area (Å²) in [7, 11) is 0. The molecule has 0 fully saturated rings. The van der Waals surface area contributed by atoms with E-state index in [2.05, 4.69) is 0 Å². The van der Waals surface area contributed by atoms with E-state index in [1.165, 1.54) is 36.4 Å². The molecule has 12 rings (SSSR count). The molecule has 0 bridgehead atoms. The lowest BCUT2D eigenvalue weighted by molar-refractivity contribution is 0.619. The van der Waals surface area contributed by atoms with Crippen molar-refractivity contribution in [2.45, 2.75) is 13.8 Å². The summed E-state index contributed by atoms with van der Waals surface area (Å²) in [4.78, 5) is 3.15. The van der Waals surface area contributed by atoms with Crippen LogP contribution in [0.5, 0.6) is 0 Å². The minimum absolute atomic E-state index is 0.0288. The highest BCUT2D eigenvalue weighted by molar-refractivity contribution is 6.29. The van der Waals surface area contributed by atoms with Gasteiger partial charge in [-0.3, -0.25) is 0 Å². The fourth-order valence-electron chi connectivity index (χ4n) is 10.4. The average molecular weight is 977 g/mol. The summed E-state index contributed by atoms with van der Waals surface area (Å²) in [6.45, 7) is 3.67. The molecule has 0 radical (unpaired) electrons. The van der Waals surface area contributed by atoms with E-state index in [4.69, 9.17) is 0 Å². The number of halogens is 6. The van der Waals surface area contributed by atoms with Crippen molar-refractivity contribution in [3.05, 3.63) is 264 Å². The molecule has 0 saturated carbocycles. The minimum Gasteiger partial charge on any atom is -0.304 e. The predicted octanol–water partition coefficient (Wildman–Crippen LogP) is 19.6. The van der Waals surface area contributed by atoms with Crippen LogP contribution in [0.1, 0.15) is 11.1 Å². The second-order valence-corrected chi connectivity index (χ2v) is 18.6. The van der Waals surface area contributed by atoms with E-state index in [-0.39, 0.29) is 22.7 Å². The van der Waals surface area contributed by atoms with Crippen LogP contribution in [-0.4, -0.2) is 0 Å². The molecule has 0 N–H and O–H groups in total. The Labute approximate surface area is 423 Å². The molecule has 0 atom stereocenters. The van der Waals surface area contributed by atoms with Gasteiger partial charge >= 0.3 is 0 Å². The number of anilines is 6. The molecular formula is C66H42F6N2. The fourth-order valence-corrected chi connectivity index (χ4v) is 10.4. The Hall–Kier alpha value is -9.14. The molecule has 12 aromatic carbocycles. The standard InChI is InChI=1S/C66H42F6N2/c1-39-19-27-53(67)61(31-39)73(63-35-45(23-29-55(63)69)43-21-25-49(57(71)33-43)41-11-5-3-6-12-41)59-37-47-15-10-18-52-60(38-48-16-9-17-51(59)65(48)66(47)52)74(62-32-40(2)20-28-54(62)68)64-36-46(24-30-56(64)70)44-22-26-50(58(72)34-44)42-13-7-4-8-14-42/h3-38H,1-2H3. The predicted molar refractivity (Wildman–Crippen MR) is 290 cm³/mol. The van der Waals surface area contributed by atoms with Crippen LogP contribution in [0.2, 0.25) is 0 Å². The van der Waals surface area contributed by atoms with Crippen molar-refractivity contribution in [3.8, 4) is 44.5 Å². The first-order valence-corrected chi connectivity index (χ1v) is 24.1. The Bertz CT molecular complexity index is 3870. The zero-order valence-corrected chi connectivity index (χ0v) is 39.9. The molecule has 0 saturated heterocycles. The van der Waals surface area contributed by atoms with E-state index >= 15 is 26.3 Å². The highest BCUT2D eigenvalue weighted by Crippen LogP contribution is 2.51. The van der Waals surface area contributed by atoms with E-state index in [9.17, 15) is 0 Å². The fraction of sp³-hybridized carbons (Fsp3) is 0.0303. The van der Waals surface area contributed by atoms with Crippen molar-refractivity contribution in [1.82, 2.24) is 0 Å². The number of aryl methyl sites for hydroxylation is 2. The van der Waals surface area contributed by atoms with Crippen LogP contribution in [0.3, 0.4) is 0 Å². The molecular weight excluding hydrogens is 935 g/mol. The summed E-state index contributed by atoms with van der Waals surface area (Å²) < 4.78 is 98.6. The molecule has 0 aliphatic carbocycles. The lowest BCUT2D eigenvalue weighted by atomic mass is 9.90. The van der Waals surface area contributed by atoms with Crippen LogP contribution < -0.4 is 9.80 Å². The second kappa shape index (κ2) is 18.5. The highest BCUT2D eigenvalue weighted by atomic mass is 19.1. The quantitative estimate of drug-likeness (QED) is 0.0995. The second-order valence-electron chi connectivity index (χ2n) is 18.6. The maximum atomic E-state index is 16.8. The number of benzene rings is 12. The van der Waals surface area contributed by atoms with Crippen molar-refractivity contribution in [2.75, 3.05) is 9.80 Å². The summed E-state index contributed by atoms with van der Waals surface area (Å²) in [5.41, 5.74) is 6.91. The molecule has 0 aromatic heterocycles. The molecule has 0 aliphatic rings. The Morgan fingerprint density at radius 2 is 0.608 bits per heavy atom. The van der Waals surface area contributed by atoms with Gasteiger partial charge in [-0.15, -0.1) is 0 Å². The molecule has 0 unspecified atom stereocenters. The van der Waals surface area contributed by atoms with Gasteiger partial charge in [-0.2, -0.15) is 0 Å². The van der Waals surface area contributed by atoms with Gasteiger partial charge in [0.15, 0.2) is 0 Å². The van der Waals surface area contributed by atoms with E-state index in [1.807, 2.05) is 123 Å². The maximum Gasteiger partial charge on any atom is 0.147 e. The van der Waals surface area contributed by atoms with Crippen LogP contribution in [0, 0.1) is 48.8 Å². The normalized spacial score (nSPS) is 11.5. The SMILES string of the molecule is Cc1ccc(F)c(N(c2cc(-c3ccc(-c4ccccc4)c(F)c3)ccc2F)c2cc3cccc4c(N(c5cc(C)ccc5F)c5cc(-c6ccc(-c7ccccc7)c(F)c6)ccc5F)cc5cccc2c5c34)c1. The molecule has 8 heteroatoms. The van der Waals surface area contributed by atoms with Crippen molar-refractivity contribution < 1.29 is 26.3 Å². The zero-order valence-electron chi connectivity index (χ0n) is 39.9. The van der Waals surface area contributed by atoms with Crippen molar-refractivity contribution in [1.29, 1.82) is 0 Å². The molecule has 2 nitrogen and oxygen atoms in total. The highest BCUT2D eigenvalue weighted by Gasteiger charge is 2.28. The Morgan fingerprint density at radius 3 is 1.00 bits per heavy atom. The van der Waals surface area contributed by atoms with E-state index < -0.39 is 34.9 Å². The third kappa shape index (κ3) is 8.05. The van der Waals surface area contributed by atoms with Crippen LogP contribution in [-0.2, 0) is 0 Å². The third-order valence-electron chi connectivity index (χ3n) is 13.9. The molecule has 358 valence electrons. The van der Waals surface area contributed by atoms with Crippen LogP contribution in [0.15, 0.2) is 218 Å². The summed E-state index contributed by atoms with van der Waals surface area (Å²) in [6, 6.07) is 61.6. The molecule has 0 spiro atoms. The summed E-state index contributed by atoms with van der Waals surface area (Å²) in [5.74, 6) is -3.37. The van der Waals surface area contributed by atoms with Gasteiger partial charge in [-0.25, -0.2) is 26.3 Å². The molecule has 0 aliphatic heterocycles. The number of hydrogen-bond acceptors (Lipinski definition) is 2.